The molecule has 6 nitrogen and oxygen atoms in total. The summed E-state index contributed by atoms with van der Waals surface area (Å²) in [5.41, 5.74) is 7.66. The van der Waals surface area contributed by atoms with Crippen LogP contribution in [0.1, 0.15) is 34.5 Å². The molecule has 0 aliphatic heterocycles. The number of aryl methyl sites for hydroxylation is 1. The number of carbonyl (C=O) groups is 1. The Morgan fingerprint density at radius 3 is 2.42 bits per heavy atom. The minimum absolute atomic E-state index is 0. The summed E-state index contributed by atoms with van der Waals surface area (Å²) in [6.07, 6.45) is 4.77. The van der Waals surface area contributed by atoms with E-state index >= 15 is 0 Å². The number of para-hydroxylation sites is 1. The van der Waals surface area contributed by atoms with Gasteiger partial charge in [0.1, 0.15) is 18.1 Å². The van der Waals surface area contributed by atoms with Crippen molar-refractivity contribution in [2.75, 3.05) is 0 Å². The summed E-state index contributed by atoms with van der Waals surface area (Å²) < 4.78 is 7.82. The number of aromatic nitrogens is 2. The van der Waals surface area contributed by atoms with E-state index in [4.69, 9.17) is 10.5 Å². The number of rotatable bonds is 12. The van der Waals surface area contributed by atoms with E-state index in [0.29, 0.717) is 19.6 Å². The molecule has 1 amide bonds. The predicted molar refractivity (Wildman–Crippen MR) is 145 cm³/mol. The van der Waals surface area contributed by atoms with Crippen molar-refractivity contribution >= 4 is 30.1 Å². The molecule has 3 N–H and O–H groups in total. The molecule has 0 bridgehead atoms. The van der Waals surface area contributed by atoms with E-state index in [0.717, 1.165) is 29.7 Å². The average Bonchev–Trinajstić information content (AvgIpc) is 3.34. The Balaban J connectivity index is 0.00000361. The number of nitrogens with zero attached hydrogens (tertiary/aromatic N) is 2. The average molecular weight is 524 g/mol. The van der Waals surface area contributed by atoms with Crippen LogP contribution < -0.4 is 10.5 Å². The number of ether oxygens (including phenoxy) is 1. The van der Waals surface area contributed by atoms with Crippen LogP contribution in [0, 0.1) is 0 Å². The molecule has 0 aliphatic rings. The second-order valence-corrected chi connectivity index (χ2v) is 9.47. The lowest BCUT2D eigenvalue weighted by atomic mass is 10.0. The van der Waals surface area contributed by atoms with Crippen LogP contribution in [0.3, 0.4) is 0 Å². The number of hydrogen-bond acceptors (Lipinski definition) is 5. The fourth-order valence-electron chi connectivity index (χ4n) is 3.74. The first-order chi connectivity index (χ1) is 17.1. The molecule has 8 heteroatoms. The number of carbonyl (C=O) groups excluding carboxylic acids is 1. The van der Waals surface area contributed by atoms with Gasteiger partial charge in [0.25, 0.3) is 5.91 Å². The number of aliphatic hydroxyl groups excluding tert-OH is 1. The SMILES string of the molecule is Cl.NC(=O)c1cn(CC(O)CCCc2ccccc2OCc2ccc(Sc3ccccc3)cc2)cn1. The van der Waals surface area contributed by atoms with Crippen molar-refractivity contribution in [2.45, 2.75) is 48.3 Å². The predicted octanol–water partition coefficient (Wildman–Crippen LogP) is 5.52. The summed E-state index contributed by atoms with van der Waals surface area (Å²) in [5, 5.41) is 10.4. The molecule has 0 aliphatic carbocycles. The minimum atomic E-state index is -0.572. The monoisotopic (exact) mass is 523 g/mol. The Bertz CT molecular complexity index is 1230. The molecule has 3 aromatic carbocycles. The van der Waals surface area contributed by atoms with Crippen molar-refractivity contribution in [3.63, 3.8) is 0 Å². The zero-order valence-corrected chi connectivity index (χ0v) is 21.5. The van der Waals surface area contributed by atoms with Gasteiger partial charge in [-0.25, -0.2) is 4.98 Å². The van der Waals surface area contributed by atoms with Crippen LogP contribution in [0.2, 0.25) is 0 Å². The van der Waals surface area contributed by atoms with E-state index < -0.39 is 12.0 Å². The van der Waals surface area contributed by atoms with Gasteiger partial charge in [0, 0.05) is 22.5 Å². The zero-order chi connectivity index (χ0) is 24.5. The molecule has 4 aromatic rings. The molecule has 0 saturated heterocycles. The van der Waals surface area contributed by atoms with Gasteiger partial charge in [-0.1, -0.05) is 60.3 Å². The second-order valence-electron chi connectivity index (χ2n) is 8.32. The smallest absolute Gasteiger partial charge is 0.268 e. The highest BCUT2D eigenvalue weighted by Gasteiger charge is 2.10. The lowest BCUT2D eigenvalue weighted by Gasteiger charge is -2.14. The first-order valence-corrected chi connectivity index (χ1v) is 12.4. The van der Waals surface area contributed by atoms with Gasteiger partial charge in [0.2, 0.25) is 0 Å². The van der Waals surface area contributed by atoms with E-state index in [1.54, 1.807) is 22.5 Å². The lowest BCUT2D eigenvalue weighted by molar-refractivity contribution is 0.0995. The van der Waals surface area contributed by atoms with Gasteiger partial charge in [-0.3, -0.25) is 4.79 Å². The fraction of sp³-hybridized carbons (Fsp3) is 0.214. The topological polar surface area (TPSA) is 90.4 Å². The normalized spacial score (nSPS) is 11.5. The first-order valence-electron chi connectivity index (χ1n) is 11.6. The molecule has 1 heterocycles. The number of imidazole rings is 1. The molecular weight excluding hydrogens is 494 g/mol. The number of nitrogens with two attached hydrogens (primary N) is 1. The third-order valence-electron chi connectivity index (χ3n) is 5.56. The van der Waals surface area contributed by atoms with Gasteiger partial charge < -0.3 is 20.1 Å². The number of benzene rings is 3. The van der Waals surface area contributed by atoms with Gasteiger partial charge in [0.15, 0.2) is 0 Å². The Kier molecular flexibility index (Phi) is 10.4. The van der Waals surface area contributed by atoms with Gasteiger partial charge in [0.05, 0.1) is 12.4 Å². The van der Waals surface area contributed by atoms with Crippen LogP contribution in [-0.2, 0) is 19.6 Å². The minimum Gasteiger partial charge on any atom is -0.489 e. The summed E-state index contributed by atoms with van der Waals surface area (Å²) in [5.74, 6) is 0.294. The van der Waals surface area contributed by atoms with Crippen molar-refractivity contribution in [2.24, 2.45) is 5.73 Å². The van der Waals surface area contributed by atoms with E-state index in [9.17, 15) is 9.90 Å². The molecule has 4 rings (SSSR count). The highest BCUT2D eigenvalue weighted by Crippen LogP contribution is 2.28. The molecule has 0 radical (unpaired) electrons. The third kappa shape index (κ3) is 8.16. The zero-order valence-electron chi connectivity index (χ0n) is 19.8. The third-order valence-corrected chi connectivity index (χ3v) is 6.58. The molecule has 1 unspecified atom stereocenters. The Labute approximate surface area is 221 Å². The van der Waals surface area contributed by atoms with Gasteiger partial charge in [-0.05, 0) is 60.7 Å². The van der Waals surface area contributed by atoms with Crippen LogP contribution >= 0.6 is 24.2 Å². The van der Waals surface area contributed by atoms with E-state index in [1.165, 1.54) is 16.1 Å². The summed E-state index contributed by atoms with van der Waals surface area (Å²) in [7, 11) is 0. The number of hydrogen-bond donors (Lipinski definition) is 2. The van der Waals surface area contributed by atoms with Crippen molar-refractivity contribution in [1.29, 1.82) is 0 Å². The van der Waals surface area contributed by atoms with Crippen LogP contribution in [0.25, 0.3) is 0 Å². The van der Waals surface area contributed by atoms with Gasteiger partial charge >= 0.3 is 0 Å². The Morgan fingerprint density at radius 2 is 1.69 bits per heavy atom. The van der Waals surface area contributed by atoms with Crippen LogP contribution in [0.15, 0.2) is 101 Å². The maximum Gasteiger partial charge on any atom is 0.268 e. The summed E-state index contributed by atoms with van der Waals surface area (Å²) in [6, 6.07) is 26.8. The Hall–Kier alpha value is -3.26. The van der Waals surface area contributed by atoms with Crippen molar-refractivity contribution in [1.82, 2.24) is 9.55 Å². The van der Waals surface area contributed by atoms with Crippen molar-refractivity contribution < 1.29 is 14.6 Å². The van der Waals surface area contributed by atoms with Crippen molar-refractivity contribution in [3.05, 3.63) is 108 Å². The number of halogens is 1. The van der Waals surface area contributed by atoms with E-state index in [2.05, 4.69) is 47.4 Å². The largest absolute Gasteiger partial charge is 0.489 e. The van der Waals surface area contributed by atoms with E-state index in [-0.39, 0.29) is 18.1 Å². The molecule has 0 saturated carbocycles. The standard InChI is InChI=1S/C28H29N3O3S.ClH/c29-28(33)26-18-31(20-30-26)17-23(32)9-6-8-22-7-4-5-12-27(22)34-19-21-13-15-25(16-14-21)35-24-10-2-1-3-11-24;/h1-5,7,10-16,18,20,23,32H,6,8-9,17,19H2,(H2,29,33);1H. The molecule has 1 aromatic heterocycles. The lowest BCUT2D eigenvalue weighted by Crippen LogP contribution is -2.15. The first kappa shape index (κ1) is 27.3. The molecule has 1 atom stereocenters. The van der Waals surface area contributed by atoms with Crippen molar-refractivity contribution in [3.8, 4) is 5.75 Å². The summed E-state index contributed by atoms with van der Waals surface area (Å²) >= 11 is 1.74. The highest BCUT2D eigenvalue weighted by molar-refractivity contribution is 7.99. The number of primary amides is 1. The quantitative estimate of drug-likeness (QED) is 0.255. The maximum atomic E-state index is 11.2. The molecule has 188 valence electrons. The van der Waals surface area contributed by atoms with Gasteiger partial charge in [-0.15, -0.1) is 12.4 Å². The molecule has 0 spiro atoms. The highest BCUT2D eigenvalue weighted by atomic mass is 35.5. The summed E-state index contributed by atoms with van der Waals surface area (Å²) in [4.78, 5) is 17.5. The number of aliphatic hydroxyl groups is 1. The van der Waals surface area contributed by atoms with Crippen LogP contribution in [-0.4, -0.2) is 26.7 Å². The Morgan fingerprint density at radius 1 is 1.00 bits per heavy atom. The van der Waals surface area contributed by atoms with E-state index in [1.807, 2.05) is 36.4 Å². The molecule has 0 fully saturated rings. The second kappa shape index (κ2) is 13.7. The summed E-state index contributed by atoms with van der Waals surface area (Å²) in [6.45, 7) is 0.871. The number of amides is 1. The molecular formula is C28H30ClN3O3S. The van der Waals surface area contributed by atoms with Crippen LogP contribution in [0.4, 0.5) is 0 Å². The maximum absolute atomic E-state index is 11.2. The van der Waals surface area contributed by atoms with Crippen LogP contribution in [0.5, 0.6) is 5.75 Å². The van der Waals surface area contributed by atoms with Gasteiger partial charge in [-0.2, -0.15) is 0 Å². The molecule has 36 heavy (non-hydrogen) atoms. The fourth-order valence-corrected chi connectivity index (χ4v) is 4.58.